The van der Waals surface area contributed by atoms with Gasteiger partial charge in [0, 0.05) is 37.2 Å². The van der Waals surface area contributed by atoms with Crippen LogP contribution in [0.4, 0.5) is 5.95 Å². The molecular formula is C19H20N6O4. The number of amides is 3. The molecule has 150 valence electrons. The van der Waals surface area contributed by atoms with Crippen molar-refractivity contribution in [1.29, 1.82) is 0 Å². The highest BCUT2D eigenvalue weighted by atomic mass is 16.5. The van der Waals surface area contributed by atoms with E-state index in [2.05, 4.69) is 25.4 Å². The van der Waals surface area contributed by atoms with Gasteiger partial charge in [0.25, 0.3) is 5.91 Å². The number of aromatic nitrogens is 3. The molecule has 2 N–H and O–H groups in total. The average molecular weight is 396 g/mol. The Kier molecular flexibility index (Phi) is 4.27. The van der Waals surface area contributed by atoms with Crippen LogP contribution < -0.4 is 10.2 Å². The maximum absolute atomic E-state index is 12.8. The molecular weight excluding hydrogens is 376 g/mol. The zero-order chi connectivity index (χ0) is 20.0. The van der Waals surface area contributed by atoms with Crippen LogP contribution in [-0.2, 0) is 20.9 Å². The van der Waals surface area contributed by atoms with Crippen molar-refractivity contribution < 1.29 is 19.1 Å². The van der Waals surface area contributed by atoms with Crippen molar-refractivity contribution in [1.82, 2.24) is 25.4 Å². The summed E-state index contributed by atoms with van der Waals surface area (Å²) < 4.78 is 5.36. The SMILES string of the molecule is O=C1CCC(N2Cc3cc(-c4nc(N5CCOCC5)n[nH]4)ccc3C2=O)C(=O)N1. The van der Waals surface area contributed by atoms with Crippen molar-refractivity contribution in [3.05, 3.63) is 29.3 Å². The molecule has 5 rings (SSSR count). The van der Waals surface area contributed by atoms with E-state index < -0.39 is 11.9 Å². The molecule has 0 saturated carbocycles. The lowest BCUT2D eigenvalue weighted by Crippen LogP contribution is -2.52. The lowest BCUT2D eigenvalue weighted by molar-refractivity contribution is -0.136. The molecule has 0 aliphatic carbocycles. The lowest BCUT2D eigenvalue weighted by Gasteiger charge is -2.29. The Labute approximate surface area is 166 Å². The molecule has 3 aliphatic heterocycles. The average Bonchev–Trinajstić information content (AvgIpc) is 3.34. The van der Waals surface area contributed by atoms with Gasteiger partial charge >= 0.3 is 0 Å². The zero-order valence-electron chi connectivity index (χ0n) is 15.7. The van der Waals surface area contributed by atoms with E-state index in [0.717, 1.165) is 24.2 Å². The van der Waals surface area contributed by atoms with Crippen molar-refractivity contribution in [2.45, 2.75) is 25.4 Å². The van der Waals surface area contributed by atoms with Gasteiger partial charge in [-0.05, 0) is 24.1 Å². The molecule has 1 aromatic carbocycles. The number of imide groups is 1. The molecule has 10 heteroatoms. The molecule has 0 bridgehead atoms. The highest BCUT2D eigenvalue weighted by Gasteiger charge is 2.39. The minimum atomic E-state index is -0.616. The van der Waals surface area contributed by atoms with Gasteiger partial charge in [0.05, 0.1) is 13.2 Å². The first kappa shape index (κ1) is 17.8. The van der Waals surface area contributed by atoms with E-state index in [4.69, 9.17) is 4.74 Å². The number of anilines is 1. The highest BCUT2D eigenvalue weighted by Crippen LogP contribution is 2.30. The number of ether oxygens (including phenoxy) is 1. The molecule has 29 heavy (non-hydrogen) atoms. The summed E-state index contributed by atoms with van der Waals surface area (Å²) in [5.74, 6) is 0.367. The molecule has 2 saturated heterocycles. The van der Waals surface area contributed by atoms with Crippen LogP contribution in [0.15, 0.2) is 18.2 Å². The second-order valence-corrected chi connectivity index (χ2v) is 7.36. The van der Waals surface area contributed by atoms with E-state index in [1.807, 2.05) is 12.1 Å². The summed E-state index contributed by atoms with van der Waals surface area (Å²) in [6.45, 7) is 3.13. The number of hydrogen-bond acceptors (Lipinski definition) is 7. The van der Waals surface area contributed by atoms with Crippen molar-refractivity contribution >= 4 is 23.7 Å². The number of H-pyrrole nitrogens is 1. The molecule has 1 aromatic heterocycles. The standard InChI is InChI=1S/C19H20N6O4/c26-15-4-3-14(17(27)20-15)25-10-12-9-11(1-2-13(12)18(25)28)16-21-19(23-22-16)24-5-7-29-8-6-24/h1-2,9,14H,3-8,10H2,(H,20,26,27)(H,21,22,23). The molecule has 1 unspecified atom stereocenters. The second-order valence-electron chi connectivity index (χ2n) is 7.36. The Morgan fingerprint density at radius 3 is 2.76 bits per heavy atom. The normalized spacial score (nSPS) is 22.1. The molecule has 1 atom stereocenters. The van der Waals surface area contributed by atoms with Crippen LogP contribution in [0.5, 0.6) is 0 Å². The summed E-state index contributed by atoms with van der Waals surface area (Å²) in [5.41, 5.74) is 2.24. The molecule has 2 fully saturated rings. The molecule has 2 aromatic rings. The van der Waals surface area contributed by atoms with Crippen molar-refractivity contribution in [2.24, 2.45) is 0 Å². The zero-order valence-corrected chi connectivity index (χ0v) is 15.7. The summed E-state index contributed by atoms with van der Waals surface area (Å²) >= 11 is 0. The Balaban J connectivity index is 1.37. The minimum Gasteiger partial charge on any atom is -0.378 e. The van der Waals surface area contributed by atoms with Crippen LogP contribution >= 0.6 is 0 Å². The first-order valence-electron chi connectivity index (χ1n) is 9.63. The maximum atomic E-state index is 12.8. The van der Waals surface area contributed by atoms with Crippen LogP contribution in [0, 0.1) is 0 Å². The third kappa shape index (κ3) is 3.15. The van der Waals surface area contributed by atoms with Crippen LogP contribution in [0.1, 0.15) is 28.8 Å². The van der Waals surface area contributed by atoms with Gasteiger partial charge in [-0.15, -0.1) is 5.10 Å². The fraction of sp³-hybridized carbons (Fsp3) is 0.421. The van der Waals surface area contributed by atoms with Gasteiger partial charge in [-0.1, -0.05) is 6.07 Å². The van der Waals surface area contributed by atoms with E-state index in [1.165, 1.54) is 4.90 Å². The smallest absolute Gasteiger partial charge is 0.255 e. The summed E-state index contributed by atoms with van der Waals surface area (Å²) in [5, 5.41) is 9.58. The summed E-state index contributed by atoms with van der Waals surface area (Å²) in [4.78, 5) is 44.5. The van der Waals surface area contributed by atoms with Crippen LogP contribution in [0.2, 0.25) is 0 Å². The number of piperidine rings is 1. The number of benzene rings is 1. The quantitative estimate of drug-likeness (QED) is 0.704. The van der Waals surface area contributed by atoms with Crippen LogP contribution in [-0.4, -0.2) is 70.1 Å². The molecule has 0 radical (unpaired) electrons. The fourth-order valence-corrected chi connectivity index (χ4v) is 4.01. The Bertz CT molecular complexity index is 996. The minimum absolute atomic E-state index is 0.187. The van der Waals surface area contributed by atoms with Crippen molar-refractivity contribution in [3.63, 3.8) is 0 Å². The number of carbonyl (C=O) groups excluding carboxylic acids is 3. The Morgan fingerprint density at radius 2 is 1.97 bits per heavy atom. The van der Waals surface area contributed by atoms with Gasteiger partial charge in [-0.25, -0.2) is 0 Å². The third-order valence-electron chi connectivity index (χ3n) is 5.56. The van der Waals surface area contributed by atoms with Gasteiger partial charge in [-0.2, -0.15) is 4.98 Å². The lowest BCUT2D eigenvalue weighted by atomic mass is 10.0. The van der Waals surface area contributed by atoms with E-state index in [-0.39, 0.29) is 18.2 Å². The number of morpholine rings is 1. The first-order valence-corrected chi connectivity index (χ1v) is 9.63. The van der Waals surface area contributed by atoms with Crippen molar-refractivity contribution in [2.75, 3.05) is 31.2 Å². The fourth-order valence-electron chi connectivity index (χ4n) is 4.01. The molecule has 3 amide bonds. The van der Waals surface area contributed by atoms with Gasteiger partial charge in [0.2, 0.25) is 17.8 Å². The predicted molar refractivity (Wildman–Crippen MR) is 101 cm³/mol. The van der Waals surface area contributed by atoms with E-state index in [1.54, 1.807) is 6.07 Å². The topological polar surface area (TPSA) is 121 Å². The number of aromatic amines is 1. The van der Waals surface area contributed by atoms with Gasteiger partial charge in [0.1, 0.15) is 6.04 Å². The molecule has 3 aliphatic rings. The maximum Gasteiger partial charge on any atom is 0.255 e. The summed E-state index contributed by atoms with van der Waals surface area (Å²) in [7, 11) is 0. The molecule has 0 spiro atoms. The Morgan fingerprint density at radius 1 is 1.14 bits per heavy atom. The predicted octanol–water partition coefficient (Wildman–Crippen LogP) is 0.0693. The largest absolute Gasteiger partial charge is 0.378 e. The number of nitrogens with zero attached hydrogens (tertiary/aromatic N) is 4. The number of carbonyl (C=O) groups is 3. The van der Waals surface area contributed by atoms with Gasteiger partial charge in [-0.3, -0.25) is 24.8 Å². The van der Waals surface area contributed by atoms with Crippen LogP contribution in [0.25, 0.3) is 11.4 Å². The van der Waals surface area contributed by atoms with Crippen LogP contribution in [0.3, 0.4) is 0 Å². The van der Waals surface area contributed by atoms with E-state index in [0.29, 0.717) is 43.5 Å². The van der Waals surface area contributed by atoms with E-state index >= 15 is 0 Å². The summed E-state index contributed by atoms with van der Waals surface area (Å²) in [6, 6.07) is 4.88. The highest BCUT2D eigenvalue weighted by molar-refractivity contribution is 6.05. The summed E-state index contributed by atoms with van der Waals surface area (Å²) in [6.07, 6.45) is 0.590. The van der Waals surface area contributed by atoms with Gasteiger partial charge < -0.3 is 14.5 Å². The molecule has 4 heterocycles. The van der Waals surface area contributed by atoms with E-state index in [9.17, 15) is 14.4 Å². The monoisotopic (exact) mass is 396 g/mol. The number of rotatable bonds is 3. The van der Waals surface area contributed by atoms with Crippen molar-refractivity contribution in [3.8, 4) is 11.4 Å². The number of fused-ring (bicyclic) bond motifs is 1. The number of nitrogens with one attached hydrogen (secondary N) is 2. The third-order valence-corrected chi connectivity index (χ3v) is 5.56. The molecule has 10 nitrogen and oxygen atoms in total. The Hall–Kier alpha value is -3.27. The second kappa shape index (κ2) is 6.96. The number of hydrogen-bond donors (Lipinski definition) is 2. The van der Waals surface area contributed by atoms with Gasteiger partial charge in [0.15, 0.2) is 5.82 Å². The first-order chi connectivity index (χ1) is 14.1.